The highest BCUT2D eigenvalue weighted by molar-refractivity contribution is 8.06. The molecule has 2 aliphatic rings. The second kappa shape index (κ2) is 6.86. The molecule has 1 fully saturated rings. The number of nitrogens with two attached hydrogens (primary N) is 1. The van der Waals surface area contributed by atoms with Crippen molar-refractivity contribution in [3.8, 4) is 0 Å². The average Bonchev–Trinajstić information content (AvgIpc) is 3.10. The molecule has 0 bridgehead atoms. The monoisotopic (exact) mass is 395 g/mol. The molecule has 10 heteroatoms. The summed E-state index contributed by atoms with van der Waals surface area (Å²) < 4.78 is 0. The van der Waals surface area contributed by atoms with E-state index < -0.39 is 23.9 Å². The van der Waals surface area contributed by atoms with Crippen LogP contribution in [0.2, 0.25) is 0 Å². The van der Waals surface area contributed by atoms with Crippen LogP contribution < -0.4 is 5.73 Å². The smallest absolute Gasteiger partial charge is 0.353 e. The summed E-state index contributed by atoms with van der Waals surface area (Å²) in [6, 6.07) is -0.339. The third-order valence-corrected chi connectivity index (χ3v) is 6.54. The molecule has 3 heterocycles. The Morgan fingerprint density at radius 1 is 1.50 bits per heavy atom. The summed E-state index contributed by atoms with van der Waals surface area (Å²) in [6.07, 6.45) is 2.38. The van der Waals surface area contributed by atoms with Crippen LogP contribution in [0, 0.1) is 11.8 Å². The summed E-state index contributed by atoms with van der Waals surface area (Å²) in [7, 11) is 0. The molecular formula is C16H17N3O5S2. The predicted molar refractivity (Wildman–Crippen MR) is 96.9 cm³/mol. The highest BCUT2D eigenvalue weighted by Gasteiger charge is 2.59. The summed E-state index contributed by atoms with van der Waals surface area (Å²) in [5, 5.41) is 21.2. The minimum atomic E-state index is -1.17. The van der Waals surface area contributed by atoms with Gasteiger partial charge in [-0.3, -0.25) is 9.59 Å². The van der Waals surface area contributed by atoms with E-state index >= 15 is 0 Å². The van der Waals surface area contributed by atoms with Crippen LogP contribution in [0.3, 0.4) is 0 Å². The van der Waals surface area contributed by atoms with Crippen molar-refractivity contribution in [3.05, 3.63) is 32.1 Å². The molecular weight excluding hydrogens is 378 g/mol. The molecule has 4 N–H and O–H groups in total. The van der Waals surface area contributed by atoms with E-state index in [2.05, 4.69) is 4.98 Å². The van der Waals surface area contributed by atoms with Crippen molar-refractivity contribution in [1.29, 1.82) is 0 Å². The summed E-state index contributed by atoms with van der Waals surface area (Å²) in [6.45, 7) is 3.39. The number of thioether (sulfide) groups is 1. The molecule has 0 unspecified atom stereocenters. The normalized spacial score (nSPS) is 26.2. The van der Waals surface area contributed by atoms with E-state index in [0.29, 0.717) is 9.78 Å². The highest BCUT2D eigenvalue weighted by Crippen LogP contribution is 2.50. The SMILES string of the molecule is C[C@@H](O)[C@H]1C(=O)N2C(C(=O)O)=C(S/C=C\c3cnc(C(N)=O)s3)[C@H](C)[C@H]12. The minimum absolute atomic E-state index is 0.0267. The van der Waals surface area contributed by atoms with Gasteiger partial charge < -0.3 is 20.8 Å². The Balaban J connectivity index is 1.81. The Morgan fingerprint density at radius 3 is 2.73 bits per heavy atom. The summed E-state index contributed by atoms with van der Waals surface area (Å²) >= 11 is 2.34. The fourth-order valence-corrected chi connectivity index (χ4v) is 5.10. The maximum atomic E-state index is 12.2. The van der Waals surface area contributed by atoms with Gasteiger partial charge in [-0.05, 0) is 18.4 Å². The van der Waals surface area contributed by atoms with Crippen LogP contribution in [-0.2, 0) is 9.59 Å². The zero-order valence-electron chi connectivity index (χ0n) is 13.9. The zero-order valence-corrected chi connectivity index (χ0v) is 15.6. The third kappa shape index (κ3) is 2.93. The van der Waals surface area contributed by atoms with E-state index in [1.54, 1.807) is 11.5 Å². The van der Waals surface area contributed by atoms with Gasteiger partial charge in [0.05, 0.1) is 18.1 Å². The maximum absolute atomic E-state index is 12.2. The van der Waals surface area contributed by atoms with Gasteiger partial charge in [-0.2, -0.15) is 0 Å². The summed E-state index contributed by atoms with van der Waals surface area (Å²) in [5.74, 6) is -2.91. The Bertz CT molecular complexity index is 845. The lowest BCUT2D eigenvalue weighted by atomic mass is 9.79. The predicted octanol–water partition coefficient (Wildman–Crippen LogP) is 1.10. The second-order valence-corrected chi connectivity index (χ2v) is 8.13. The minimum Gasteiger partial charge on any atom is -0.477 e. The number of carboxylic acid groups (broad SMARTS) is 1. The molecule has 2 amide bonds. The number of primary amides is 1. The number of aromatic nitrogens is 1. The first-order valence-corrected chi connectivity index (χ1v) is 9.51. The Hall–Kier alpha value is -2.17. The van der Waals surface area contributed by atoms with Crippen molar-refractivity contribution >= 4 is 47.0 Å². The van der Waals surface area contributed by atoms with Crippen molar-refractivity contribution in [2.45, 2.75) is 26.0 Å². The number of hydrogen-bond donors (Lipinski definition) is 3. The second-order valence-electron chi connectivity index (χ2n) is 6.12. The highest BCUT2D eigenvalue weighted by atomic mass is 32.2. The van der Waals surface area contributed by atoms with Crippen molar-refractivity contribution in [2.75, 3.05) is 0 Å². The Kier molecular flexibility index (Phi) is 4.91. The first-order chi connectivity index (χ1) is 12.2. The summed E-state index contributed by atoms with van der Waals surface area (Å²) in [5.41, 5.74) is 5.14. The first kappa shape index (κ1) is 18.6. The number of nitrogens with zero attached hydrogens (tertiary/aromatic N) is 2. The number of β-lactam (4-membered cyclic amide) rings is 1. The lowest BCUT2D eigenvalue weighted by Gasteiger charge is -2.46. The Labute approximate surface area is 157 Å². The van der Waals surface area contributed by atoms with E-state index in [-0.39, 0.29) is 28.6 Å². The van der Waals surface area contributed by atoms with Gasteiger partial charge in [0.1, 0.15) is 5.70 Å². The molecule has 0 saturated carbocycles. The van der Waals surface area contributed by atoms with Crippen LogP contribution in [0.25, 0.3) is 6.08 Å². The number of amides is 2. The van der Waals surface area contributed by atoms with Gasteiger partial charge in [0.25, 0.3) is 5.91 Å². The van der Waals surface area contributed by atoms with E-state index in [4.69, 9.17) is 5.73 Å². The van der Waals surface area contributed by atoms with Crippen LogP contribution in [0.1, 0.15) is 28.5 Å². The number of aliphatic hydroxyl groups excluding tert-OH is 1. The molecule has 2 aliphatic heterocycles. The van der Waals surface area contributed by atoms with E-state index in [9.17, 15) is 24.6 Å². The molecule has 1 aromatic rings. The topological polar surface area (TPSA) is 134 Å². The molecule has 1 saturated heterocycles. The Morgan fingerprint density at radius 2 is 2.19 bits per heavy atom. The summed E-state index contributed by atoms with van der Waals surface area (Å²) in [4.78, 5) is 41.4. The van der Waals surface area contributed by atoms with Crippen molar-refractivity contribution in [3.63, 3.8) is 0 Å². The standard InChI is InChI=1S/C16H17N3O5S2/c1-6-10-9(7(2)20)15(22)19(10)11(16(23)24)12(6)25-4-3-8-5-18-14(26-8)13(17)21/h3-7,9-10,20H,1-2H3,(H2,17,21)(H,23,24)/b4-3-/t6-,7-,9-,10-/m1/s1. The van der Waals surface area contributed by atoms with Gasteiger partial charge in [0.2, 0.25) is 5.91 Å². The molecule has 26 heavy (non-hydrogen) atoms. The van der Waals surface area contributed by atoms with Crippen molar-refractivity contribution in [1.82, 2.24) is 9.88 Å². The number of aliphatic carboxylic acids is 1. The third-order valence-electron chi connectivity index (χ3n) is 4.47. The molecule has 8 nitrogen and oxygen atoms in total. The fourth-order valence-electron chi connectivity index (χ4n) is 3.33. The number of rotatable bonds is 6. The van der Waals surface area contributed by atoms with Crippen LogP contribution >= 0.6 is 23.1 Å². The molecule has 4 atom stereocenters. The maximum Gasteiger partial charge on any atom is 0.353 e. The van der Waals surface area contributed by atoms with Gasteiger partial charge in [-0.25, -0.2) is 9.78 Å². The van der Waals surface area contributed by atoms with Gasteiger partial charge in [0.15, 0.2) is 5.01 Å². The van der Waals surface area contributed by atoms with Crippen LogP contribution in [0.15, 0.2) is 22.2 Å². The molecule has 3 rings (SSSR count). The quantitative estimate of drug-likeness (QED) is 0.614. The molecule has 1 aromatic heterocycles. The number of carbonyl (C=O) groups excluding carboxylic acids is 2. The fraction of sp³-hybridized carbons (Fsp3) is 0.375. The van der Waals surface area contributed by atoms with Gasteiger partial charge in [-0.1, -0.05) is 18.7 Å². The molecule has 0 aromatic carbocycles. The lowest BCUT2D eigenvalue weighted by molar-refractivity contribution is -0.163. The van der Waals surface area contributed by atoms with Gasteiger partial charge in [-0.15, -0.1) is 11.3 Å². The van der Waals surface area contributed by atoms with Crippen LogP contribution in [0.5, 0.6) is 0 Å². The lowest BCUT2D eigenvalue weighted by Crippen LogP contribution is -2.63. The molecule has 0 spiro atoms. The van der Waals surface area contributed by atoms with Crippen LogP contribution in [-0.4, -0.2) is 50.0 Å². The number of carbonyl (C=O) groups is 3. The van der Waals surface area contributed by atoms with Gasteiger partial charge >= 0.3 is 5.97 Å². The molecule has 0 aliphatic carbocycles. The first-order valence-electron chi connectivity index (χ1n) is 7.81. The molecule has 0 radical (unpaired) electrons. The van der Waals surface area contributed by atoms with Crippen molar-refractivity contribution < 1.29 is 24.6 Å². The van der Waals surface area contributed by atoms with Gasteiger partial charge in [0, 0.05) is 21.9 Å². The largest absolute Gasteiger partial charge is 0.477 e. The van der Waals surface area contributed by atoms with E-state index in [0.717, 1.165) is 11.3 Å². The van der Waals surface area contributed by atoms with Crippen molar-refractivity contribution in [2.24, 2.45) is 17.6 Å². The number of aliphatic hydroxyl groups is 1. The number of hydrogen-bond acceptors (Lipinski definition) is 7. The molecule has 138 valence electrons. The number of carboxylic acids is 1. The van der Waals surface area contributed by atoms with E-state index in [1.165, 1.54) is 29.8 Å². The number of fused-ring (bicyclic) bond motifs is 1. The zero-order chi connectivity index (χ0) is 19.2. The van der Waals surface area contributed by atoms with Crippen LogP contribution in [0.4, 0.5) is 0 Å². The average molecular weight is 395 g/mol. The number of thiazole rings is 1. The van der Waals surface area contributed by atoms with E-state index in [1.807, 2.05) is 6.92 Å².